The topological polar surface area (TPSA) is 46.9 Å². The molecule has 1 heterocycles. The smallest absolute Gasteiger partial charge is 0.270 e. The molecule has 0 aromatic carbocycles. The van der Waals surface area contributed by atoms with Gasteiger partial charge in [0, 0.05) is 12.4 Å². The minimum atomic E-state index is -0.258. The average Bonchev–Trinajstić information content (AvgIpc) is 2.90. The molecule has 2 unspecified atom stereocenters. The van der Waals surface area contributed by atoms with E-state index < -0.39 is 0 Å². The number of carbonyl (C=O) groups is 1. The van der Waals surface area contributed by atoms with E-state index in [0.29, 0.717) is 24.0 Å². The minimum absolute atomic E-state index is 0.0428. The molecule has 0 saturated heterocycles. The first-order valence-corrected chi connectivity index (χ1v) is 8.52. The van der Waals surface area contributed by atoms with Gasteiger partial charge >= 0.3 is 0 Å². The molecule has 0 bridgehead atoms. The lowest BCUT2D eigenvalue weighted by molar-refractivity contribution is 0.0856. The number of rotatable bonds is 5. The van der Waals surface area contributed by atoms with Crippen LogP contribution in [0.4, 0.5) is 0 Å². The monoisotopic (exact) mass is 311 g/mol. The number of aromatic nitrogens is 2. The van der Waals surface area contributed by atoms with Gasteiger partial charge in [0.1, 0.15) is 5.69 Å². The maximum Gasteiger partial charge on any atom is 0.270 e. The van der Waals surface area contributed by atoms with Crippen molar-refractivity contribution in [3.05, 3.63) is 17.5 Å². The van der Waals surface area contributed by atoms with E-state index in [-0.39, 0.29) is 11.4 Å². The van der Waals surface area contributed by atoms with Crippen LogP contribution >= 0.6 is 11.6 Å². The van der Waals surface area contributed by atoms with Crippen LogP contribution in [-0.2, 0) is 13.0 Å². The molecule has 1 aromatic heterocycles. The number of nitrogens with one attached hydrogen (secondary N) is 1. The second-order valence-corrected chi connectivity index (χ2v) is 6.53. The van der Waals surface area contributed by atoms with Gasteiger partial charge in [-0.15, -0.1) is 11.6 Å². The predicted molar refractivity (Wildman–Crippen MR) is 85.8 cm³/mol. The molecular weight excluding hydrogens is 286 g/mol. The van der Waals surface area contributed by atoms with Crippen molar-refractivity contribution in [3.8, 4) is 0 Å². The Kier molecular flexibility index (Phi) is 5.31. The first kappa shape index (κ1) is 16.3. The van der Waals surface area contributed by atoms with E-state index in [2.05, 4.69) is 17.3 Å². The zero-order valence-electron chi connectivity index (χ0n) is 13.3. The summed E-state index contributed by atoms with van der Waals surface area (Å²) in [5.41, 5.74) is 1.35. The Morgan fingerprint density at radius 1 is 1.57 bits per heavy atom. The highest BCUT2D eigenvalue weighted by molar-refractivity contribution is 6.19. The number of nitrogens with zero attached hydrogens (tertiary/aromatic N) is 2. The van der Waals surface area contributed by atoms with Crippen molar-refractivity contribution in [3.63, 3.8) is 0 Å². The van der Waals surface area contributed by atoms with E-state index in [0.717, 1.165) is 31.4 Å². The molecular formula is C16H26ClN3O. The quantitative estimate of drug-likeness (QED) is 0.847. The van der Waals surface area contributed by atoms with Gasteiger partial charge < -0.3 is 5.32 Å². The standard InChI is InChI=1S/C16H26ClN3O/c1-4-13-9-14(20(5-2)19-13)15(21)18-16(11-17)8-6-7-12(3)10-16/h9,12H,4-8,10-11H2,1-3H3,(H,18,21). The second-order valence-electron chi connectivity index (χ2n) is 6.26. The third-order valence-electron chi connectivity index (χ3n) is 4.45. The number of hydrogen-bond acceptors (Lipinski definition) is 2. The van der Waals surface area contributed by atoms with Crippen LogP contribution in [0.15, 0.2) is 6.07 Å². The highest BCUT2D eigenvalue weighted by atomic mass is 35.5. The van der Waals surface area contributed by atoms with E-state index in [1.165, 1.54) is 6.42 Å². The fourth-order valence-corrected chi connectivity index (χ4v) is 3.61. The van der Waals surface area contributed by atoms with Crippen molar-refractivity contribution in [1.82, 2.24) is 15.1 Å². The number of alkyl halides is 1. The average molecular weight is 312 g/mol. The third-order valence-corrected chi connectivity index (χ3v) is 4.96. The van der Waals surface area contributed by atoms with Crippen LogP contribution in [-0.4, -0.2) is 27.1 Å². The number of aryl methyl sites for hydroxylation is 2. The van der Waals surface area contributed by atoms with Crippen LogP contribution in [0.2, 0.25) is 0 Å². The van der Waals surface area contributed by atoms with Gasteiger partial charge in [0.25, 0.3) is 5.91 Å². The molecule has 1 aliphatic rings. The summed E-state index contributed by atoms with van der Waals surface area (Å²) in [4.78, 5) is 12.7. The summed E-state index contributed by atoms with van der Waals surface area (Å²) >= 11 is 6.20. The Bertz CT molecular complexity index is 500. The number of halogens is 1. The highest BCUT2D eigenvalue weighted by Gasteiger charge is 2.36. The fraction of sp³-hybridized carbons (Fsp3) is 0.750. The van der Waals surface area contributed by atoms with Crippen LogP contribution in [0.3, 0.4) is 0 Å². The highest BCUT2D eigenvalue weighted by Crippen LogP contribution is 2.33. The van der Waals surface area contributed by atoms with E-state index in [1.807, 2.05) is 19.9 Å². The van der Waals surface area contributed by atoms with Crippen molar-refractivity contribution < 1.29 is 4.79 Å². The van der Waals surface area contributed by atoms with Gasteiger partial charge in [-0.25, -0.2) is 0 Å². The summed E-state index contributed by atoms with van der Waals surface area (Å²) in [6.45, 7) is 6.99. The molecule has 5 heteroatoms. The molecule has 21 heavy (non-hydrogen) atoms. The Balaban J connectivity index is 2.17. The Labute approximate surface area is 132 Å². The van der Waals surface area contributed by atoms with Gasteiger partial charge in [-0.05, 0) is 38.2 Å². The molecule has 1 amide bonds. The van der Waals surface area contributed by atoms with Crippen molar-refractivity contribution in [2.24, 2.45) is 5.92 Å². The van der Waals surface area contributed by atoms with Gasteiger partial charge in [0.2, 0.25) is 0 Å². The molecule has 1 aromatic rings. The summed E-state index contributed by atoms with van der Waals surface area (Å²) in [6, 6.07) is 1.90. The lowest BCUT2D eigenvalue weighted by Gasteiger charge is -2.39. The van der Waals surface area contributed by atoms with Crippen LogP contribution in [0.1, 0.15) is 62.6 Å². The summed E-state index contributed by atoms with van der Waals surface area (Å²) < 4.78 is 1.78. The number of hydrogen-bond donors (Lipinski definition) is 1. The van der Waals surface area contributed by atoms with Crippen molar-refractivity contribution in [2.45, 2.75) is 65.0 Å². The second kappa shape index (κ2) is 6.82. The van der Waals surface area contributed by atoms with Crippen molar-refractivity contribution in [1.29, 1.82) is 0 Å². The first-order valence-electron chi connectivity index (χ1n) is 7.98. The summed E-state index contributed by atoms with van der Waals surface area (Å²) in [6.07, 6.45) is 5.12. The third kappa shape index (κ3) is 3.60. The molecule has 1 aliphatic carbocycles. The van der Waals surface area contributed by atoms with Crippen LogP contribution in [0, 0.1) is 5.92 Å². The zero-order chi connectivity index (χ0) is 15.5. The molecule has 118 valence electrons. The summed E-state index contributed by atoms with van der Waals surface area (Å²) in [5.74, 6) is 1.04. The molecule has 0 radical (unpaired) electrons. The van der Waals surface area contributed by atoms with E-state index in [9.17, 15) is 4.79 Å². The summed E-state index contributed by atoms with van der Waals surface area (Å²) in [5, 5.41) is 7.66. The Hall–Kier alpha value is -1.03. The van der Waals surface area contributed by atoms with Gasteiger partial charge in [-0.2, -0.15) is 5.10 Å². The van der Waals surface area contributed by atoms with Gasteiger partial charge in [0.05, 0.1) is 11.2 Å². The van der Waals surface area contributed by atoms with Crippen molar-refractivity contribution >= 4 is 17.5 Å². The molecule has 1 N–H and O–H groups in total. The normalized spacial score (nSPS) is 25.8. The van der Waals surface area contributed by atoms with E-state index in [4.69, 9.17) is 11.6 Å². The lowest BCUT2D eigenvalue weighted by Crippen LogP contribution is -2.53. The fourth-order valence-electron chi connectivity index (χ4n) is 3.30. The molecule has 0 spiro atoms. The van der Waals surface area contributed by atoms with Crippen LogP contribution in [0.5, 0.6) is 0 Å². The first-order chi connectivity index (χ1) is 10.0. The largest absolute Gasteiger partial charge is 0.344 e. The van der Waals surface area contributed by atoms with Gasteiger partial charge in [0.15, 0.2) is 0 Å². The Morgan fingerprint density at radius 3 is 2.90 bits per heavy atom. The maximum absolute atomic E-state index is 12.7. The number of carbonyl (C=O) groups excluding carboxylic acids is 1. The predicted octanol–water partition coefficient (Wildman–Crippen LogP) is 3.38. The van der Waals surface area contributed by atoms with Gasteiger partial charge in [-0.1, -0.05) is 26.7 Å². The van der Waals surface area contributed by atoms with E-state index in [1.54, 1.807) is 4.68 Å². The molecule has 4 nitrogen and oxygen atoms in total. The SMILES string of the molecule is CCc1cc(C(=O)NC2(CCl)CCCC(C)C2)n(CC)n1. The zero-order valence-corrected chi connectivity index (χ0v) is 14.0. The Morgan fingerprint density at radius 2 is 2.33 bits per heavy atom. The lowest BCUT2D eigenvalue weighted by atomic mass is 9.77. The maximum atomic E-state index is 12.7. The number of amides is 1. The molecule has 2 rings (SSSR count). The van der Waals surface area contributed by atoms with E-state index >= 15 is 0 Å². The van der Waals surface area contributed by atoms with Crippen LogP contribution < -0.4 is 5.32 Å². The molecule has 0 aliphatic heterocycles. The molecule has 1 fully saturated rings. The van der Waals surface area contributed by atoms with Gasteiger partial charge in [-0.3, -0.25) is 9.48 Å². The minimum Gasteiger partial charge on any atom is -0.344 e. The van der Waals surface area contributed by atoms with Crippen LogP contribution in [0.25, 0.3) is 0 Å². The van der Waals surface area contributed by atoms with Crippen molar-refractivity contribution in [2.75, 3.05) is 5.88 Å². The molecule has 2 atom stereocenters. The molecule has 1 saturated carbocycles. The summed E-state index contributed by atoms with van der Waals surface area (Å²) in [7, 11) is 0.